The van der Waals surface area contributed by atoms with E-state index in [1.54, 1.807) is 0 Å². The average molecular weight is 121 g/mol. The maximum absolute atomic E-state index is 9.69. The molecule has 1 radical (unpaired) electrons. The largest absolute Gasteiger partial charge is 0.237 e. The third-order valence-corrected chi connectivity index (χ3v) is 0.748. The molecule has 0 N–H and O–H groups in total. The summed E-state index contributed by atoms with van der Waals surface area (Å²) in [5.41, 5.74) is 0. The van der Waals surface area contributed by atoms with Gasteiger partial charge < -0.3 is 0 Å². The van der Waals surface area contributed by atoms with Crippen molar-refractivity contribution in [3.63, 3.8) is 0 Å². The average Bonchev–Trinajstić information content (AvgIpc) is 1.61. The van der Waals surface area contributed by atoms with E-state index in [1.165, 1.54) is 0 Å². The third kappa shape index (κ3) is 10.7. The molecule has 1 nitrogen and oxygen atoms in total. The van der Waals surface area contributed by atoms with E-state index in [0.717, 1.165) is 19.3 Å². The topological polar surface area (TPSA) is 19.9 Å². The van der Waals surface area contributed by atoms with Gasteiger partial charge in [-0.25, -0.2) is 5.11 Å². The van der Waals surface area contributed by atoms with E-state index < -0.39 is 0 Å². The van der Waals surface area contributed by atoms with Crippen LogP contribution in [0.25, 0.3) is 0 Å². The molecule has 2 heteroatoms. The molecule has 0 bridgehead atoms. The van der Waals surface area contributed by atoms with Gasteiger partial charge >= 0.3 is 0 Å². The van der Waals surface area contributed by atoms with Crippen LogP contribution < -0.4 is 0 Å². The molecule has 45 valence electrons. The predicted molar refractivity (Wildman–Crippen MR) is 36.2 cm³/mol. The van der Waals surface area contributed by atoms with Crippen molar-refractivity contribution in [2.45, 2.75) is 26.2 Å². The Bertz CT molecular complexity index is 20.0. The highest BCUT2D eigenvalue weighted by molar-refractivity contribution is 6.92. The molecule has 0 fully saturated rings. The Morgan fingerprint density at radius 1 is 1.29 bits per heavy atom. The van der Waals surface area contributed by atoms with Gasteiger partial charge in [0.15, 0.2) is 0 Å². The van der Waals surface area contributed by atoms with E-state index in [4.69, 9.17) is 0 Å². The highest BCUT2D eigenvalue weighted by Gasteiger charge is 1.77. The molecule has 1 atom stereocenters. The predicted octanol–water partition coefficient (Wildman–Crippen LogP) is 1.67. The van der Waals surface area contributed by atoms with Crippen LogP contribution in [0.15, 0.2) is 0 Å². The highest BCUT2D eigenvalue weighted by atomic mass is 31.0. The molecule has 0 amide bonds. The third-order valence-electron chi connectivity index (χ3n) is 0.748. The van der Waals surface area contributed by atoms with Crippen molar-refractivity contribution in [3.05, 3.63) is 0 Å². The van der Waals surface area contributed by atoms with E-state index in [-0.39, 0.29) is 16.5 Å². The second kappa shape index (κ2) is 9.63. The smallest absolute Gasteiger partial charge is 0.0822 e. The van der Waals surface area contributed by atoms with Gasteiger partial charge in [-0.3, -0.25) is 0 Å². The SMILES string of the molecule is CCCCC[O].P. The molecule has 0 aliphatic carbocycles. The summed E-state index contributed by atoms with van der Waals surface area (Å²) in [6.45, 7) is 2.20. The van der Waals surface area contributed by atoms with Crippen LogP contribution in [0.2, 0.25) is 0 Å². The van der Waals surface area contributed by atoms with E-state index in [0.29, 0.717) is 0 Å². The summed E-state index contributed by atoms with van der Waals surface area (Å²) < 4.78 is 0. The summed E-state index contributed by atoms with van der Waals surface area (Å²) in [6, 6.07) is 0. The number of hydrogen-bond acceptors (Lipinski definition) is 0. The zero-order valence-corrected chi connectivity index (χ0v) is 6.36. The molecule has 1 unspecified atom stereocenters. The van der Waals surface area contributed by atoms with Crippen LogP contribution in [0.5, 0.6) is 0 Å². The van der Waals surface area contributed by atoms with Crippen LogP contribution in [0.4, 0.5) is 0 Å². The fraction of sp³-hybridized carbons (Fsp3) is 1.00. The van der Waals surface area contributed by atoms with Crippen LogP contribution >= 0.6 is 9.90 Å². The van der Waals surface area contributed by atoms with Crippen LogP contribution in [-0.2, 0) is 5.11 Å². The lowest BCUT2D eigenvalue weighted by molar-refractivity contribution is 0.186. The Labute approximate surface area is 48.7 Å². The molecule has 0 rings (SSSR count). The maximum atomic E-state index is 9.69. The van der Waals surface area contributed by atoms with Crippen LogP contribution in [0.3, 0.4) is 0 Å². The van der Waals surface area contributed by atoms with Crippen molar-refractivity contribution in [2.75, 3.05) is 6.61 Å². The van der Waals surface area contributed by atoms with E-state index in [1.807, 2.05) is 0 Å². The summed E-state index contributed by atoms with van der Waals surface area (Å²) in [7, 11) is 0. The fourth-order valence-electron chi connectivity index (χ4n) is 0.352. The van der Waals surface area contributed by atoms with Gasteiger partial charge in [0.1, 0.15) is 0 Å². The van der Waals surface area contributed by atoms with Gasteiger partial charge in [-0.1, -0.05) is 19.8 Å². The first-order valence-corrected chi connectivity index (χ1v) is 2.50. The van der Waals surface area contributed by atoms with E-state index in [9.17, 15) is 5.11 Å². The molecule has 0 saturated carbocycles. The highest BCUT2D eigenvalue weighted by Crippen LogP contribution is 1.89. The van der Waals surface area contributed by atoms with Gasteiger partial charge in [0.2, 0.25) is 0 Å². The Hall–Kier alpha value is 0.390. The Morgan fingerprint density at radius 2 is 1.86 bits per heavy atom. The molecular weight excluding hydrogens is 107 g/mol. The van der Waals surface area contributed by atoms with Crippen molar-refractivity contribution in [1.82, 2.24) is 0 Å². The second-order valence-corrected chi connectivity index (χ2v) is 1.41. The monoisotopic (exact) mass is 121 g/mol. The van der Waals surface area contributed by atoms with Gasteiger partial charge in [-0.2, -0.15) is 9.90 Å². The quantitative estimate of drug-likeness (QED) is 0.400. The van der Waals surface area contributed by atoms with Gasteiger partial charge in [-0.15, -0.1) is 0 Å². The number of hydrogen-bond donors (Lipinski definition) is 0. The minimum atomic E-state index is 0. The lowest BCUT2D eigenvalue weighted by Gasteiger charge is -1.84. The van der Waals surface area contributed by atoms with Crippen LogP contribution in [0, 0.1) is 0 Å². The summed E-state index contributed by atoms with van der Waals surface area (Å²) >= 11 is 0. The molecule has 7 heavy (non-hydrogen) atoms. The molecule has 0 aliphatic rings. The van der Waals surface area contributed by atoms with Crippen molar-refractivity contribution in [1.29, 1.82) is 0 Å². The first kappa shape index (κ1) is 10.4. The van der Waals surface area contributed by atoms with Crippen LogP contribution in [0.1, 0.15) is 26.2 Å². The molecule has 0 aromatic carbocycles. The standard InChI is InChI=1S/C5H11O.H3P/c1-2-3-4-5-6;/h2-5H2,1H3;1H3. The zero-order valence-electron chi connectivity index (χ0n) is 4.94. The summed E-state index contributed by atoms with van der Waals surface area (Å²) in [6.07, 6.45) is 3.11. The summed E-state index contributed by atoms with van der Waals surface area (Å²) in [5.74, 6) is 0. The van der Waals surface area contributed by atoms with E-state index in [2.05, 4.69) is 6.92 Å². The molecule has 0 aliphatic heterocycles. The Morgan fingerprint density at radius 3 is 2.00 bits per heavy atom. The maximum Gasteiger partial charge on any atom is 0.0822 e. The van der Waals surface area contributed by atoms with Crippen molar-refractivity contribution >= 4 is 9.90 Å². The lowest BCUT2D eigenvalue weighted by Crippen LogP contribution is -1.76. The van der Waals surface area contributed by atoms with Gasteiger partial charge in [0.25, 0.3) is 0 Å². The number of unbranched alkanes of at least 4 members (excludes halogenated alkanes) is 2. The zero-order chi connectivity index (χ0) is 4.83. The van der Waals surface area contributed by atoms with E-state index >= 15 is 0 Å². The summed E-state index contributed by atoms with van der Waals surface area (Å²) in [5, 5.41) is 9.69. The minimum absolute atomic E-state index is 0. The van der Waals surface area contributed by atoms with Crippen molar-refractivity contribution < 1.29 is 5.11 Å². The summed E-state index contributed by atoms with van der Waals surface area (Å²) in [4.78, 5) is 0. The molecule has 0 spiro atoms. The molecule has 0 saturated heterocycles. The van der Waals surface area contributed by atoms with Gasteiger partial charge in [-0.05, 0) is 6.42 Å². The second-order valence-electron chi connectivity index (χ2n) is 1.41. The molecule has 0 aromatic rings. The first-order chi connectivity index (χ1) is 2.91. The normalized spacial score (nSPS) is 7.71. The van der Waals surface area contributed by atoms with Crippen molar-refractivity contribution in [2.24, 2.45) is 0 Å². The van der Waals surface area contributed by atoms with Gasteiger partial charge in [0, 0.05) is 0 Å². The van der Waals surface area contributed by atoms with Gasteiger partial charge in [0.05, 0.1) is 6.61 Å². The van der Waals surface area contributed by atoms with Crippen molar-refractivity contribution in [3.8, 4) is 0 Å². The Kier molecular flexibility index (Phi) is 14.3. The molecule has 0 heterocycles. The number of rotatable bonds is 3. The fourth-order valence-corrected chi connectivity index (χ4v) is 0.352. The lowest BCUT2D eigenvalue weighted by atomic mass is 10.3. The minimum Gasteiger partial charge on any atom is -0.237 e. The first-order valence-electron chi connectivity index (χ1n) is 2.50. The molecule has 0 aromatic heterocycles. The molecular formula is C5H14OP. The Balaban J connectivity index is 0. The van der Waals surface area contributed by atoms with Crippen LogP contribution in [-0.4, -0.2) is 6.61 Å².